The summed E-state index contributed by atoms with van der Waals surface area (Å²) in [6.45, 7) is 2.00. The molecule has 1 saturated heterocycles. The van der Waals surface area contributed by atoms with Gasteiger partial charge in [0.05, 0.1) is 6.61 Å². The van der Waals surface area contributed by atoms with Crippen molar-refractivity contribution >= 4 is 10.0 Å². The second-order valence-electron chi connectivity index (χ2n) is 6.16. The van der Waals surface area contributed by atoms with Gasteiger partial charge in [0, 0.05) is 23.8 Å². The van der Waals surface area contributed by atoms with Crippen LogP contribution in [0.4, 0.5) is 0 Å². The maximum Gasteiger partial charge on any atom is 0.263 e. The molecule has 1 saturated carbocycles. The molecule has 2 atom stereocenters. The lowest BCUT2D eigenvalue weighted by Crippen LogP contribution is -2.49. The Balaban J connectivity index is 1.96. The van der Waals surface area contributed by atoms with Gasteiger partial charge < -0.3 is 5.11 Å². The Kier molecular flexibility index (Phi) is 4.07. The van der Waals surface area contributed by atoms with Gasteiger partial charge in [-0.25, -0.2) is 8.42 Å². The van der Waals surface area contributed by atoms with Crippen molar-refractivity contribution in [2.45, 2.75) is 63.1 Å². The van der Waals surface area contributed by atoms with Gasteiger partial charge in [-0.1, -0.05) is 12.8 Å². The van der Waals surface area contributed by atoms with E-state index >= 15 is 0 Å². The number of aliphatic hydroxyl groups is 1. The summed E-state index contributed by atoms with van der Waals surface area (Å²) in [5.74, 6) is 0.486. The second kappa shape index (κ2) is 5.70. The van der Waals surface area contributed by atoms with Gasteiger partial charge in [0.15, 0.2) is 5.03 Å². The standard InChI is InChI=1S/C14H23N3O3S/c1-10-12(9-18)14(16-15-10)21(19,20)17-8-4-6-11-5-2-3-7-13(11)17/h11,13,18H,2-9H2,1H3,(H,15,16)/t11-,13-/m1/s1. The quantitative estimate of drug-likeness (QED) is 0.886. The third-order valence-corrected chi connectivity index (χ3v) is 6.84. The molecule has 0 unspecified atom stereocenters. The molecule has 0 amide bonds. The highest BCUT2D eigenvalue weighted by Gasteiger charge is 2.41. The first-order valence-corrected chi connectivity index (χ1v) is 9.16. The average molecular weight is 313 g/mol. The fourth-order valence-corrected chi connectivity index (χ4v) is 5.73. The number of aryl methyl sites for hydroxylation is 1. The summed E-state index contributed by atoms with van der Waals surface area (Å²) in [4.78, 5) is 0. The SMILES string of the molecule is Cc1[nH]nc(S(=O)(=O)N2CCC[C@H]3CCCC[C@H]32)c1CO. The minimum absolute atomic E-state index is 0.00808. The van der Waals surface area contributed by atoms with Crippen molar-refractivity contribution < 1.29 is 13.5 Å². The fraction of sp³-hybridized carbons (Fsp3) is 0.786. The van der Waals surface area contributed by atoms with Crippen LogP contribution in [0.1, 0.15) is 49.8 Å². The van der Waals surface area contributed by atoms with E-state index in [1.165, 1.54) is 6.42 Å². The molecule has 0 spiro atoms. The number of aromatic nitrogens is 2. The second-order valence-corrected chi connectivity index (χ2v) is 7.97. The maximum atomic E-state index is 13.0. The van der Waals surface area contributed by atoms with Crippen molar-refractivity contribution in [1.29, 1.82) is 0 Å². The van der Waals surface area contributed by atoms with E-state index in [2.05, 4.69) is 10.2 Å². The normalized spacial score (nSPS) is 27.5. The molecule has 1 aromatic rings. The predicted molar refractivity (Wildman–Crippen MR) is 78.1 cm³/mol. The average Bonchev–Trinajstić information content (AvgIpc) is 2.88. The fourth-order valence-electron chi connectivity index (χ4n) is 3.82. The van der Waals surface area contributed by atoms with E-state index in [9.17, 15) is 13.5 Å². The number of sulfonamides is 1. The maximum absolute atomic E-state index is 13.0. The number of nitrogens with one attached hydrogen (secondary N) is 1. The van der Waals surface area contributed by atoms with E-state index in [0.717, 1.165) is 32.1 Å². The molecule has 2 N–H and O–H groups in total. The van der Waals surface area contributed by atoms with Gasteiger partial charge in [0.25, 0.3) is 10.0 Å². The number of piperidine rings is 1. The lowest BCUT2D eigenvalue weighted by Gasteiger charge is -2.42. The van der Waals surface area contributed by atoms with E-state index in [0.29, 0.717) is 23.7 Å². The van der Waals surface area contributed by atoms with Crippen molar-refractivity contribution in [2.75, 3.05) is 6.54 Å². The number of nitrogens with zero attached hydrogens (tertiary/aromatic N) is 2. The molecule has 2 aliphatic rings. The zero-order valence-corrected chi connectivity index (χ0v) is 13.2. The van der Waals surface area contributed by atoms with Crippen LogP contribution >= 0.6 is 0 Å². The molecule has 3 rings (SSSR count). The Morgan fingerprint density at radius 1 is 1.29 bits per heavy atom. The zero-order valence-electron chi connectivity index (χ0n) is 12.4. The van der Waals surface area contributed by atoms with Gasteiger partial charge in [-0.15, -0.1) is 0 Å². The van der Waals surface area contributed by atoms with Crippen molar-refractivity contribution in [3.8, 4) is 0 Å². The van der Waals surface area contributed by atoms with E-state index < -0.39 is 10.0 Å². The molecule has 1 aromatic heterocycles. The smallest absolute Gasteiger partial charge is 0.263 e. The molecule has 0 bridgehead atoms. The highest BCUT2D eigenvalue weighted by molar-refractivity contribution is 7.89. The first-order chi connectivity index (χ1) is 10.1. The van der Waals surface area contributed by atoms with Crippen LogP contribution in [-0.4, -0.2) is 40.6 Å². The van der Waals surface area contributed by atoms with Crippen LogP contribution < -0.4 is 0 Å². The Hall–Kier alpha value is -0.920. The first kappa shape index (κ1) is 15.0. The Morgan fingerprint density at radius 2 is 2.00 bits per heavy atom. The van der Waals surface area contributed by atoms with Crippen LogP contribution in [0, 0.1) is 12.8 Å². The minimum Gasteiger partial charge on any atom is -0.392 e. The predicted octanol–water partition coefficient (Wildman–Crippen LogP) is 1.55. The van der Waals surface area contributed by atoms with Gasteiger partial charge in [-0.3, -0.25) is 5.10 Å². The van der Waals surface area contributed by atoms with E-state index in [1.807, 2.05) is 0 Å². The minimum atomic E-state index is -3.62. The molecule has 1 aliphatic carbocycles. The summed E-state index contributed by atoms with van der Waals surface area (Å²) < 4.78 is 27.6. The van der Waals surface area contributed by atoms with Gasteiger partial charge in [-0.2, -0.15) is 9.40 Å². The van der Waals surface area contributed by atoms with Gasteiger partial charge in [-0.05, 0) is 38.5 Å². The number of aromatic amines is 1. The molecule has 21 heavy (non-hydrogen) atoms. The monoisotopic (exact) mass is 313 g/mol. The third-order valence-electron chi connectivity index (χ3n) is 4.94. The Morgan fingerprint density at radius 3 is 2.76 bits per heavy atom. The van der Waals surface area contributed by atoms with Crippen molar-refractivity contribution in [3.63, 3.8) is 0 Å². The summed E-state index contributed by atoms with van der Waals surface area (Å²) in [6.07, 6.45) is 6.42. The molecule has 6 nitrogen and oxygen atoms in total. The lowest BCUT2D eigenvalue weighted by atomic mass is 9.79. The highest BCUT2D eigenvalue weighted by atomic mass is 32.2. The number of hydrogen-bond acceptors (Lipinski definition) is 4. The number of hydrogen-bond donors (Lipinski definition) is 2. The molecular formula is C14H23N3O3S. The van der Waals surface area contributed by atoms with Gasteiger partial charge in [0.1, 0.15) is 0 Å². The largest absolute Gasteiger partial charge is 0.392 e. The van der Waals surface area contributed by atoms with Crippen LogP contribution in [0.25, 0.3) is 0 Å². The van der Waals surface area contributed by atoms with Crippen LogP contribution in [-0.2, 0) is 16.6 Å². The van der Waals surface area contributed by atoms with Gasteiger partial charge in [0.2, 0.25) is 0 Å². The van der Waals surface area contributed by atoms with Crippen LogP contribution in [0.5, 0.6) is 0 Å². The summed E-state index contributed by atoms with van der Waals surface area (Å²) >= 11 is 0. The summed E-state index contributed by atoms with van der Waals surface area (Å²) in [6, 6.07) is 0.112. The van der Waals surface area contributed by atoms with Crippen molar-refractivity contribution in [1.82, 2.24) is 14.5 Å². The molecule has 1 aliphatic heterocycles. The molecule has 0 radical (unpaired) electrons. The van der Waals surface area contributed by atoms with Crippen LogP contribution in [0.3, 0.4) is 0 Å². The zero-order chi connectivity index (χ0) is 15.0. The number of rotatable bonds is 3. The third kappa shape index (κ3) is 2.51. The number of H-pyrrole nitrogens is 1. The highest BCUT2D eigenvalue weighted by Crippen LogP contribution is 2.38. The van der Waals surface area contributed by atoms with Crippen molar-refractivity contribution in [3.05, 3.63) is 11.3 Å². The van der Waals surface area contributed by atoms with E-state index in [1.54, 1.807) is 11.2 Å². The van der Waals surface area contributed by atoms with Crippen molar-refractivity contribution in [2.24, 2.45) is 5.92 Å². The topological polar surface area (TPSA) is 86.3 Å². The first-order valence-electron chi connectivity index (χ1n) is 7.72. The van der Waals surface area contributed by atoms with Gasteiger partial charge >= 0.3 is 0 Å². The molecule has 0 aromatic carbocycles. The molecule has 2 fully saturated rings. The summed E-state index contributed by atoms with van der Waals surface area (Å²) in [5.41, 5.74) is 1.02. The summed E-state index contributed by atoms with van der Waals surface area (Å²) in [7, 11) is -3.62. The van der Waals surface area contributed by atoms with E-state index in [4.69, 9.17) is 0 Å². The Bertz CT molecular complexity index is 609. The lowest BCUT2D eigenvalue weighted by molar-refractivity contribution is 0.128. The number of aliphatic hydroxyl groups excluding tert-OH is 1. The Labute approximate surface area is 125 Å². The van der Waals surface area contributed by atoms with Crippen LogP contribution in [0.15, 0.2) is 5.03 Å². The molecule has 2 heterocycles. The molecule has 7 heteroatoms. The van der Waals surface area contributed by atoms with E-state index in [-0.39, 0.29) is 17.7 Å². The number of fused-ring (bicyclic) bond motifs is 1. The molecular weight excluding hydrogens is 290 g/mol. The summed E-state index contributed by atoms with van der Waals surface area (Å²) in [5, 5.41) is 16.1. The van der Waals surface area contributed by atoms with Crippen LogP contribution in [0.2, 0.25) is 0 Å². The molecule has 118 valence electrons.